The molecule has 4 aromatic rings. The number of hydrogen-bond donors (Lipinski definition) is 1. The van der Waals surface area contributed by atoms with Crippen LogP contribution in [0.1, 0.15) is 38.1 Å². The molecule has 0 aliphatic carbocycles. The molecule has 0 spiro atoms. The predicted octanol–water partition coefficient (Wildman–Crippen LogP) is 2.95. The van der Waals surface area contributed by atoms with E-state index in [1.807, 2.05) is 17.9 Å². The average Bonchev–Trinajstić information content (AvgIpc) is 3.44. The molecule has 0 amide bonds. The highest BCUT2D eigenvalue weighted by atomic mass is 35.5. The molecule has 4 aromatic heterocycles. The number of H-pyrrole nitrogens is 1. The van der Waals surface area contributed by atoms with Crippen LogP contribution < -0.4 is 16.0 Å². The Kier molecular flexibility index (Phi) is 5.29. The van der Waals surface area contributed by atoms with Gasteiger partial charge in [0, 0.05) is 18.4 Å². The lowest BCUT2D eigenvalue weighted by atomic mass is 10.2. The second-order valence-electron chi connectivity index (χ2n) is 7.68. The molecule has 1 N–H and O–H groups in total. The van der Waals surface area contributed by atoms with Crippen LogP contribution in [0.4, 0.5) is 5.82 Å². The lowest BCUT2D eigenvalue weighted by molar-refractivity contribution is 0.606. The number of anilines is 1. The van der Waals surface area contributed by atoms with Gasteiger partial charge in [0.25, 0.3) is 11.1 Å². The SMILES string of the molecule is C=C/C(=C\CC)n1c(C2CCCN2c2ncnc3nc[nH]c(=O)c23)nn2ccc(Cl)c2c1=O. The topological polar surface area (TPSA) is 114 Å². The fraction of sp³-hybridized carbons (Fsp3) is 0.273. The average molecular weight is 465 g/mol. The minimum absolute atomic E-state index is 0.284. The zero-order valence-corrected chi connectivity index (χ0v) is 18.7. The van der Waals surface area contributed by atoms with E-state index < -0.39 is 0 Å². The van der Waals surface area contributed by atoms with Crippen molar-refractivity contribution < 1.29 is 0 Å². The van der Waals surface area contributed by atoms with Crippen LogP contribution in [0.25, 0.3) is 22.2 Å². The summed E-state index contributed by atoms with van der Waals surface area (Å²) in [4.78, 5) is 43.5. The molecule has 1 unspecified atom stereocenters. The Morgan fingerprint density at radius 2 is 2.18 bits per heavy atom. The van der Waals surface area contributed by atoms with Crippen LogP contribution in [0.5, 0.6) is 0 Å². The third-order valence-corrected chi connectivity index (χ3v) is 6.09. The molecule has 0 aromatic carbocycles. The number of hydrogen-bond acceptors (Lipinski definition) is 7. The van der Waals surface area contributed by atoms with Crippen LogP contribution in [0.2, 0.25) is 5.02 Å². The van der Waals surface area contributed by atoms with Gasteiger partial charge in [-0.25, -0.2) is 19.5 Å². The number of halogens is 1. The molecule has 5 heterocycles. The van der Waals surface area contributed by atoms with Crippen LogP contribution in [0, 0.1) is 0 Å². The van der Waals surface area contributed by atoms with Crippen molar-refractivity contribution in [1.82, 2.24) is 34.1 Å². The van der Waals surface area contributed by atoms with E-state index in [0.29, 0.717) is 58.3 Å². The van der Waals surface area contributed by atoms with Crippen molar-refractivity contribution in [3.05, 3.63) is 75.2 Å². The molecule has 0 saturated carbocycles. The molecule has 1 fully saturated rings. The summed E-state index contributed by atoms with van der Waals surface area (Å²) >= 11 is 6.30. The van der Waals surface area contributed by atoms with Crippen LogP contribution in [-0.4, -0.2) is 40.7 Å². The predicted molar refractivity (Wildman–Crippen MR) is 126 cm³/mol. The zero-order chi connectivity index (χ0) is 23.1. The van der Waals surface area contributed by atoms with Gasteiger partial charge >= 0.3 is 0 Å². The Morgan fingerprint density at radius 1 is 1.33 bits per heavy atom. The summed E-state index contributed by atoms with van der Waals surface area (Å²) in [6, 6.07) is 1.33. The van der Waals surface area contributed by atoms with Crippen LogP contribution in [0.15, 0.2) is 53.2 Å². The van der Waals surface area contributed by atoms with E-state index in [1.54, 1.807) is 22.9 Å². The highest BCUT2D eigenvalue weighted by Gasteiger charge is 2.34. The van der Waals surface area contributed by atoms with Crippen LogP contribution in [0.3, 0.4) is 0 Å². The fourth-order valence-corrected chi connectivity index (χ4v) is 4.61. The number of nitrogens with zero attached hydrogens (tertiary/aromatic N) is 7. The molecule has 1 saturated heterocycles. The summed E-state index contributed by atoms with van der Waals surface area (Å²) in [5.74, 6) is 0.979. The number of nitrogens with one attached hydrogen (secondary N) is 1. The Bertz CT molecular complexity index is 1530. The van der Waals surface area contributed by atoms with Gasteiger partial charge in [-0.05, 0) is 31.4 Å². The van der Waals surface area contributed by atoms with Gasteiger partial charge < -0.3 is 9.88 Å². The Morgan fingerprint density at radius 3 is 2.97 bits per heavy atom. The zero-order valence-electron chi connectivity index (χ0n) is 17.9. The molecule has 168 valence electrons. The van der Waals surface area contributed by atoms with Gasteiger partial charge in [0.1, 0.15) is 23.0 Å². The molecule has 33 heavy (non-hydrogen) atoms. The number of aromatic amines is 1. The van der Waals surface area contributed by atoms with Crippen LogP contribution >= 0.6 is 11.6 Å². The first-order valence-electron chi connectivity index (χ1n) is 10.6. The summed E-state index contributed by atoms with van der Waals surface area (Å²) < 4.78 is 3.07. The number of aromatic nitrogens is 7. The highest BCUT2D eigenvalue weighted by Crippen LogP contribution is 2.36. The van der Waals surface area contributed by atoms with E-state index in [0.717, 1.165) is 6.42 Å². The number of fused-ring (bicyclic) bond motifs is 2. The lowest BCUT2D eigenvalue weighted by Gasteiger charge is -2.27. The first-order valence-corrected chi connectivity index (χ1v) is 11.0. The largest absolute Gasteiger partial charge is 0.345 e. The molecule has 0 radical (unpaired) electrons. The van der Waals surface area contributed by atoms with Gasteiger partial charge in [-0.3, -0.25) is 14.2 Å². The van der Waals surface area contributed by atoms with Crippen molar-refractivity contribution in [2.45, 2.75) is 32.2 Å². The first-order chi connectivity index (χ1) is 16.0. The monoisotopic (exact) mass is 464 g/mol. The first kappa shape index (κ1) is 21.1. The molecule has 11 heteroatoms. The number of rotatable bonds is 5. The third kappa shape index (κ3) is 3.34. The summed E-state index contributed by atoms with van der Waals surface area (Å²) in [6.45, 7) is 6.52. The second-order valence-corrected chi connectivity index (χ2v) is 8.08. The van der Waals surface area contributed by atoms with Crippen LogP contribution in [-0.2, 0) is 0 Å². The van der Waals surface area contributed by atoms with Crippen molar-refractivity contribution in [2.75, 3.05) is 11.4 Å². The summed E-state index contributed by atoms with van der Waals surface area (Å²) in [7, 11) is 0. The summed E-state index contributed by atoms with van der Waals surface area (Å²) in [5.41, 5.74) is 0.626. The van der Waals surface area contributed by atoms with E-state index in [1.165, 1.54) is 17.2 Å². The molecule has 1 atom stereocenters. The lowest BCUT2D eigenvalue weighted by Crippen LogP contribution is -2.34. The standard InChI is InChI=1S/C22H21ClN8O2/c1-3-6-13(4-2)31-19(28-30-10-8-14(23)17(30)22(31)33)15-7-5-9-29(15)20-16-18(24-11-26-20)25-12-27-21(16)32/h4,6,8,10-12,15H,2-3,5,7,9H2,1H3,(H,24,25,26,27,32)/b13-6+. The van der Waals surface area contributed by atoms with E-state index in [-0.39, 0.29) is 17.2 Å². The van der Waals surface area contributed by atoms with Gasteiger partial charge in [-0.2, -0.15) is 5.10 Å². The Hall–Kier alpha value is -3.79. The second kappa shape index (κ2) is 8.28. The normalized spacial score (nSPS) is 16.7. The quantitative estimate of drug-likeness (QED) is 0.451. The van der Waals surface area contributed by atoms with Gasteiger partial charge in [0.15, 0.2) is 11.5 Å². The van der Waals surface area contributed by atoms with Crippen molar-refractivity contribution in [3.63, 3.8) is 0 Å². The van der Waals surface area contributed by atoms with Crippen molar-refractivity contribution in [3.8, 4) is 0 Å². The van der Waals surface area contributed by atoms with Gasteiger partial charge in [0.05, 0.1) is 17.4 Å². The maximum absolute atomic E-state index is 13.6. The summed E-state index contributed by atoms with van der Waals surface area (Å²) in [5, 5.41) is 5.42. The van der Waals surface area contributed by atoms with Crippen molar-refractivity contribution >= 4 is 39.7 Å². The molecule has 5 rings (SSSR count). The minimum atomic E-state index is -0.322. The number of allylic oxidation sites excluding steroid dienone is 3. The van der Waals surface area contributed by atoms with E-state index in [9.17, 15) is 9.59 Å². The van der Waals surface area contributed by atoms with Gasteiger partial charge in [-0.15, -0.1) is 0 Å². The highest BCUT2D eigenvalue weighted by molar-refractivity contribution is 6.33. The van der Waals surface area contributed by atoms with E-state index in [2.05, 4.69) is 26.5 Å². The molecule has 0 bridgehead atoms. The maximum Gasteiger partial charge on any atom is 0.284 e. The van der Waals surface area contributed by atoms with E-state index in [4.69, 9.17) is 16.7 Å². The molecular weight excluding hydrogens is 444 g/mol. The van der Waals surface area contributed by atoms with Crippen molar-refractivity contribution in [2.24, 2.45) is 0 Å². The smallest absolute Gasteiger partial charge is 0.284 e. The molecule has 1 aliphatic rings. The fourth-order valence-electron chi connectivity index (χ4n) is 4.39. The minimum Gasteiger partial charge on any atom is -0.345 e. The Labute approximate surface area is 192 Å². The Balaban J connectivity index is 1.77. The van der Waals surface area contributed by atoms with Crippen molar-refractivity contribution in [1.29, 1.82) is 0 Å². The van der Waals surface area contributed by atoms with Gasteiger partial charge in [0.2, 0.25) is 0 Å². The molecule has 10 nitrogen and oxygen atoms in total. The molecule has 1 aliphatic heterocycles. The summed E-state index contributed by atoms with van der Waals surface area (Å²) in [6.07, 6.45) is 10.2. The van der Waals surface area contributed by atoms with Gasteiger partial charge in [-0.1, -0.05) is 31.2 Å². The maximum atomic E-state index is 13.6. The van der Waals surface area contributed by atoms with E-state index >= 15 is 0 Å². The third-order valence-electron chi connectivity index (χ3n) is 5.78. The molecular formula is C22H21ClN8O2.